The van der Waals surface area contributed by atoms with Crippen molar-refractivity contribution in [1.29, 1.82) is 0 Å². The largest absolute Gasteiger partial charge is 0.465 e. The quantitative estimate of drug-likeness (QED) is 0.560. The Hall–Kier alpha value is -1.93. The second-order valence-electron chi connectivity index (χ2n) is 5.86. The van der Waals surface area contributed by atoms with E-state index in [2.05, 4.69) is 0 Å². The topological polar surface area (TPSA) is 84.0 Å². The summed E-state index contributed by atoms with van der Waals surface area (Å²) in [6.07, 6.45) is 0.937. The fourth-order valence-corrected chi connectivity index (χ4v) is 4.38. The standard InChI is InChI=1S/C16H22N2O5S/c1-4-23-16(20)15-5-6-24(21,22)18(15)10-12-7-13(11-19)9-14(8-12)17(2)3/h7-9,11,15H,4-6,10H2,1-3H3/t15-/m0/s1. The number of ether oxygens (including phenoxy) is 1. The molecular weight excluding hydrogens is 332 g/mol. The number of nitrogens with zero attached hydrogens (tertiary/aromatic N) is 2. The maximum absolute atomic E-state index is 12.3. The first-order valence-corrected chi connectivity index (χ1v) is 9.32. The maximum atomic E-state index is 12.3. The van der Waals surface area contributed by atoms with Gasteiger partial charge in [0.05, 0.1) is 12.4 Å². The van der Waals surface area contributed by atoms with Crippen LogP contribution in [0.3, 0.4) is 0 Å². The predicted octanol–water partition coefficient (Wildman–Crippen LogP) is 1.03. The van der Waals surface area contributed by atoms with Crippen molar-refractivity contribution in [2.75, 3.05) is 31.4 Å². The van der Waals surface area contributed by atoms with E-state index in [1.165, 1.54) is 4.31 Å². The third kappa shape index (κ3) is 3.93. The highest BCUT2D eigenvalue weighted by Crippen LogP contribution is 2.26. The fraction of sp³-hybridized carbons (Fsp3) is 0.500. The lowest BCUT2D eigenvalue weighted by atomic mass is 10.1. The molecule has 1 aliphatic heterocycles. The van der Waals surface area contributed by atoms with Gasteiger partial charge in [0, 0.05) is 31.9 Å². The van der Waals surface area contributed by atoms with Crippen LogP contribution in [0.25, 0.3) is 0 Å². The number of hydrogen-bond donors (Lipinski definition) is 0. The Morgan fingerprint density at radius 3 is 2.67 bits per heavy atom. The van der Waals surface area contributed by atoms with E-state index in [-0.39, 0.29) is 25.3 Å². The van der Waals surface area contributed by atoms with Gasteiger partial charge in [-0.3, -0.25) is 9.59 Å². The average molecular weight is 354 g/mol. The van der Waals surface area contributed by atoms with Crippen molar-refractivity contribution in [3.8, 4) is 0 Å². The molecule has 0 unspecified atom stereocenters. The van der Waals surface area contributed by atoms with Crippen molar-refractivity contribution in [3.05, 3.63) is 29.3 Å². The van der Waals surface area contributed by atoms with Gasteiger partial charge in [0.2, 0.25) is 10.0 Å². The monoisotopic (exact) mass is 354 g/mol. The lowest BCUT2D eigenvalue weighted by Crippen LogP contribution is -2.39. The number of benzene rings is 1. The molecule has 8 heteroatoms. The molecule has 0 aliphatic carbocycles. The first-order chi connectivity index (χ1) is 11.3. The summed E-state index contributed by atoms with van der Waals surface area (Å²) in [4.78, 5) is 25.0. The number of sulfonamides is 1. The van der Waals surface area contributed by atoms with Crippen molar-refractivity contribution in [3.63, 3.8) is 0 Å². The van der Waals surface area contributed by atoms with Crippen LogP contribution in [0.2, 0.25) is 0 Å². The molecule has 1 heterocycles. The van der Waals surface area contributed by atoms with Crippen molar-refractivity contribution in [2.24, 2.45) is 0 Å². The third-order valence-electron chi connectivity index (χ3n) is 3.90. The van der Waals surface area contributed by atoms with Gasteiger partial charge in [0.15, 0.2) is 0 Å². The molecule has 1 aromatic rings. The first kappa shape index (κ1) is 18.4. The number of carbonyl (C=O) groups is 2. The van der Waals surface area contributed by atoms with E-state index in [1.54, 1.807) is 19.1 Å². The highest BCUT2D eigenvalue weighted by Gasteiger charge is 2.42. The number of anilines is 1. The maximum Gasteiger partial charge on any atom is 0.324 e. The van der Waals surface area contributed by atoms with Gasteiger partial charge in [0.25, 0.3) is 0 Å². The van der Waals surface area contributed by atoms with Crippen LogP contribution in [-0.4, -0.2) is 57.5 Å². The summed E-state index contributed by atoms with van der Waals surface area (Å²) in [5.41, 5.74) is 1.91. The Kier molecular flexibility index (Phi) is 5.61. The molecule has 0 radical (unpaired) electrons. The summed E-state index contributed by atoms with van der Waals surface area (Å²) in [7, 11) is 0.150. The molecule has 1 aliphatic rings. The van der Waals surface area contributed by atoms with Crippen molar-refractivity contribution in [1.82, 2.24) is 4.31 Å². The van der Waals surface area contributed by atoms with E-state index >= 15 is 0 Å². The molecule has 0 saturated carbocycles. The van der Waals surface area contributed by atoms with Crippen LogP contribution in [0.1, 0.15) is 29.3 Å². The number of aldehydes is 1. The molecule has 2 rings (SSSR count). The molecule has 1 aromatic carbocycles. The molecule has 0 bridgehead atoms. The highest BCUT2D eigenvalue weighted by atomic mass is 32.2. The second-order valence-corrected chi connectivity index (χ2v) is 7.90. The van der Waals surface area contributed by atoms with Gasteiger partial charge in [-0.15, -0.1) is 0 Å². The van der Waals surface area contributed by atoms with Gasteiger partial charge >= 0.3 is 5.97 Å². The van der Waals surface area contributed by atoms with Crippen LogP contribution in [-0.2, 0) is 26.1 Å². The average Bonchev–Trinajstić information content (AvgIpc) is 2.82. The van der Waals surface area contributed by atoms with Crippen molar-refractivity contribution >= 4 is 28.0 Å². The van der Waals surface area contributed by atoms with Gasteiger partial charge in [-0.25, -0.2) is 8.42 Å². The van der Waals surface area contributed by atoms with Gasteiger partial charge in [-0.2, -0.15) is 4.31 Å². The number of carbonyl (C=O) groups excluding carboxylic acids is 2. The van der Waals surface area contributed by atoms with E-state index in [0.717, 1.165) is 12.0 Å². The highest BCUT2D eigenvalue weighted by molar-refractivity contribution is 7.89. The van der Waals surface area contributed by atoms with Gasteiger partial charge in [0.1, 0.15) is 12.3 Å². The number of esters is 1. The lowest BCUT2D eigenvalue weighted by Gasteiger charge is -2.22. The minimum atomic E-state index is -3.52. The summed E-state index contributed by atoms with van der Waals surface area (Å²) in [5, 5.41) is 0. The minimum absolute atomic E-state index is 0.0360. The van der Waals surface area contributed by atoms with Crippen LogP contribution in [0.5, 0.6) is 0 Å². The van der Waals surface area contributed by atoms with Crippen LogP contribution in [0, 0.1) is 0 Å². The Balaban J connectivity index is 2.34. The van der Waals surface area contributed by atoms with E-state index < -0.39 is 22.0 Å². The minimum Gasteiger partial charge on any atom is -0.465 e. The molecule has 24 heavy (non-hydrogen) atoms. The molecule has 132 valence electrons. The lowest BCUT2D eigenvalue weighted by molar-refractivity contribution is -0.147. The summed E-state index contributed by atoms with van der Waals surface area (Å²) in [5.74, 6) is -0.609. The molecule has 1 atom stereocenters. The molecule has 1 saturated heterocycles. The van der Waals surface area contributed by atoms with Gasteiger partial charge in [-0.1, -0.05) is 0 Å². The van der Waals surface area contributed by atoms with Crippen LogP contribution >= 0.6 is 0 Å². The Bertz CT molecular complexity index is 730. The molecule has 0 N–H and O–H groups in total. The van der Waals surface area contributed by atoms with Crippen LogP contribution in [0.15, 0.2) is 18.2 Å². The number of rotatable bonds is 6. The zero-order valence-electron chi connectivity index (χ0n) is 14.1. The van der Waals surface area contributed by atoms with Gasteiger partial charge < -0.3 is 9.64 Å². The molecule has 0 spiro atoms. The third-order valence-corrected chi connectivity index (χ3v) is 5.75. The van der Waals surface area contributed by atoms with Gasteiger partial charge in [-0.05, 0) is 37.1 Å². The Labute approximate surface area is 142 Å². The van der Waals surface area contributed by atoms with Crippen molar-refractivity contribution < 1.29 is 22.7 Å². The summed E-state index contributed by atoms with van der Waals surface area (Å²) in [6.45, 7) is 1.92. The molecule has 7 nitrogen and oxygen atoms in total. The van der Waals surface area contributed by atoms with E-state index in [1.807, 2.05) is 25.1 Å². The molecule has 0 aromatic heterocycles. The second kappa shape index (κ2) is 7.31. The van der Waals surface area contributed by atoms with Crippen molar-refractivity contribution in [2.45, 2.75) is 25.9 Å². The van der Waals surface area contributed by atoms with E-state index in [4.69, 9.17) is 4.74 Å². The smallest absolute Gasteiger partial charge is 0.324 e. The first-order valence-electron chi connectivity index (χ1n) is 7.71. The SMILES string of the molecule is CCOC(=O)[C@@H]1CCS(=O)(=O)N1Cc1cc(C=O)cc(N(C)C)c1. The molecule has 1 fully saturated rings. The normalized spacial score (nSPS) is 19.9. The summed E-state index contributed by atoms with van der Waals surface area (Å²) < 4.78 is 30.8. The van der Waals surface area contributed by atoms with Crippen LogP contribution in [0.4, 0.5) is 5.69 Å². The summed E-state index contributed by atoms with van der Waals surface area (Å²) >= 11 is 0. The Morgan fingerprint density at radius 2 is 2.08 bits per heavy atom. The zero-order valence-corrected chi connectivity index (χ0v) is 14.9. The summed E-state index contributed by atoms with van der Waals surface area (Å²) in [6, 6.07) is 4.36. The van der Waals surface area contributed by atoms with Crippen LogP contribution < -0.4 is 4.90 Å². The molecular formula is C16H22N2O5S. The fourth-order valence-electron chi connectivity index (χ4n) is 2.70. The number of hydrogen-bond acceptors (Lipinski definition) is 6. The molecule has 0 amide bonds. The van der Waals surface area contributed by atoms with E-state index in [9.17, 15) is 18.0 Å². The zero-order chi connectivity index (χ0) is 17.9. The van der Waals surface area contributed by atoms with E-state index in [0.29, 0.717) is 11.1 Å². The Morgan fingerprint density at radius 1 is 1.38 bits per heavy atom. The predicted molar refractivity (Wildman–Crippen MR) is 90.5 cm³/mol.